The van der Waals surface area contributed by atoms with Crippen molar-refractivity contribution in [3.63, 3.8) is 0 Å². The van der Waals surface area contributed by atoms with Gasteiger partial charge in [0.25, 0.3) is 5.91 Å². The molecular formula is C20H28N4O2. The van der Waals surface area contributed by atoms with E-state index in [0.717, 1.165) is 18.4 Å². The Kier molecular flexibility index (Phi) is 4.88. The Hall–Kier alpha value is -2.21. The van der Waals surface area contributed by atoms with Gasteiger partial charge in [-0.25, -0.2) is 0 Å². The molecule has 1 aromatic heterocycles. The number of hydrogen-bond donors (Lipinski definition) is 2. The van der Waals surface area contributed by atoms with Gasteiger partial charge in [-0.15, -0.1) is 0 Å². The van der Waals surface area contributed by atoms with Gasteiger partial charge < -0.3 is 15.6 Å². The van der Waals surface area contributed by atoms with Crippen LogP contribution in [0.15, 0.2) is 28.8 Å². The molecule has 0 spiro atoms. The van der Waals surface area contributed by atoms with E-state index in [9.17, 15) is 4.79 Å². The van der Waals surface area contributed by atoms with Gasteiger partial charge in [0.2, 0.25) is 11.7 Å². The van der Waals surface area contributed by atoms with Crippen LogP contribution in [-0.2, 0) is 6.42 Å². The average molecular weight is 356 g/mol. The molecule has 0 aliphatic heterocycles. The largest absolute Gasteiger partial charge is 0.345 e. The smallest absolute Gasteiger partial charge is 0.251 e. The highest BCUT2D eigenvalue weighted by molar-refractivity contribution is 5.95. The van der Waals surface area contributed by atoms with Crippen LogP contribution in [0.3, 0.4) is 0 Å². The van der Waals surface area contributed by atoms with E-state index in [-0.39, 0.29) is 16.9 Å². The summed E-state index contributed by atoms with van der Waals surface area (Å²) in [5.41, 5.74) is 6.96. The molecule has 0 radical (unpaired) electrons. The quantitative estimate of drug-likeness (QED) is 0.829. The van der Waals surface area contributed by atoms with Crippen molar-refractivity contribution in [2.45, 2.75) is 52.5 Å². The fraction of sp³-hybridized carbons (Fsp3) is 0.550. The SMILES string of the molecule is CC(C)(C)Cc1nc(-c2cccc(C(=O)NC(C)(CN)C3CC3)c2)no1. The van der Waals surface area contributed by atoms with Crippen LogP contribution in [0, 0.1) is 11.3 Å². The number of carbonyl (C=O) groups excluding carboxylic acids is 1. The summed E-state index contributed by atoms with van der Waals surface area (Å²) in [6.45, 7) is 8.82. The monoisotopic (exact) mass is 356 g/mol. The normalized spacial score (nSPS) is 17.0. The molecule has 1 saturated carbocycles. The fourth-order valence-electron chi connectivity index (χ4n) is 3.07. The summed E-state index contributed by atoms with van der Waals surface area (Å²) < 4.78 is 5.35. The van der Waals surface area contributed by atoms with Crippen LogP contribution in [0.25, 0.3) is 11.4 Å². The number of amides is 1. The lowest BCUT2D eigenvalue weighted by molar-refractivity contribution is 0.0898. The molecule has 26 heavy (non-hydrogen) atoms. The molecule has 3 N–H and O–H groups in total. The second-order valence-electron chi connectivity index (χ2n) is 8.68. The number of aromatic nitrogens is 2. The van der Waals surface area contributed by atoms with Crippen LogP contribution in [0.5, 0.6) is 0 Å². The van der Waals surface area contributed by atoms with E-state index in [1.165, 1.54) is 0 Å². The van der Waals surface area contributed by atoms with E-state index < -0.39 is 0 Å². The molecule has 140 valence electrons. The maximum Gasteiger partial charge on any atom is 0.251 e. The predicted molar refractivity (Wildman–Crippen MR) is 101 cm³/mol. The number of hydrogen-bond acceptors (Lipinski definition) is 5. The Morgan fingerprint density at radius 3 is 2.65 bits per heavy atom. The molecule has 1 atom stereocenters. The van der Waals surface area contributed by atoms with Gasteiger partial charge in [-0.1, -0.05) is 38.1 Å². The van der Waals surface area contributed by atoms with Crippen molar-refractivity contribution in [1.29, 1.82) is 0 Å². The minimum absolute atomic E-state index is 0.0705. The standard InChI is InChI=1S/C20H28N4O2/c1-19(2,3)11-16-22-17(24-26-16)13-6-5-7-14(10-13)18(25)23-20(4,12-21)15-8-9-15/h5-7,10,15H,8-9,11-12,21H2,1-4H3,(H,23,25). The fourth-order valence-corrected chi connectivity index (χ4v) is 3.07. The number of nitrogens with one attached hydrogen (secondary N) is 1. The third-order valence-corrected chi connectivity index (χ3v) is 4.83. The third-order valence-electron chi connectivity index (χ3n) is 4.83. The van der Waals surface area contributed by atoms with Crippen molar-refractivity contribution in [2.24, 2.45) is 17.1 Å². The minimum Gasteiger partial charge on any atom is -0.345 e. The first-order valence-corrected chi connectivity index (χ1v) is 9.16. The molecule has 0 bridgehead atoms. The Morgan fingerprint density at radius 1 is 1.31 bits per heavy atom. The van der Waals surface area contributed by atoms with E-state index in [1.807, 2.05) is 19.1 Å². The molecular weight excluding hydrogens is 328 g/mol. The lowest BCUT2D eigenvalue weighted by atomic mass is 9.92. The summed E-state index contributed by atoms with van der Waals surface area (Å²) in [5.74, 6) is 1.45. The maximum atomic E-state index is 12.7. The van der Waals surface area contributed by atoms with E-state index in [1.54, 1.807) is 12.1 Å². The van der Waals surface area contributed by atoms with Gasteiger partial charge in [0, 0.05) is 24.1 Å². The van der Waals surface area contributed by atoms with Crippen molar-refractivity contribution < 1.29 is 9.32 Å². The van der Waals surface area contributed by atoms with Gasteiger partial charge in [0.05, 0.1) is 5.54 Å². The molecule has 0 saturated heterocycles. The average Bonchev–Trinajstić information content (AvgIpc) is 3.35. The van der Waals surface area contributed by atoms with Gasteiger partial charge in [0.15, 0.2) is 0 Å². The van der Waals surface area contributed by atoms with Crippen molar-refractivity contribution in [3.8, 4) is 11.4 Å². The number of benzene rings is 1. The van der Waals surface area contributed by atoms with Crippen LogP contribution >= 0.6 is 0 Å². The zero-order chi connectivity index (χ0) is 18.9. The molecule has 6 heteroatoms. The van der Waals surface area contributed by atoms with Crippen molar-refractivity contribution in [3.05, 3.63) is 35.7 Å². The number of nitrogens with zero attached hydrogens (tertiary/aromatic N) is 2. The van der Waals surface area contributed by atoms with Crippen molar-refractivity contribution >= 4 is 5.91 Å². The van der Waals surface area contributed by atoms with E-state index in [4.69, 9.17) is 10.3 Å². The number of nitrogens with two attached hydrogens (primary N) is 1. The predicted octanol–water partition coefficient (Wildman–Crippen LogP) is 3.18. The molecule has 1 aliphatic rings. The molecule has 1 fully saturated rings. The van der Waals surface area contributed by atoms with E-state index in [2.05, 4.69) is 36.2 Å². The van der Waals surface area contributed by atoms with Gasteiger partial charge in [0.1, 0.15) is 0 Å². The summed E-state index contributed by atoms with van der Waals surface area (Å²) in [5, 5.41) is 7.17. The maximum absolute atomic E-state index is 12.7. The highest BCUT2D eigenvalue weighted by Crippen LogP contribution is 2.39. The molecule has 3 rings (SSSR count). The highest BCUT2D eigenvalue weighted by Gasteiger charge is 2.41. The first kappa shape index (κ1) is 18.6. The number of rotatable bonds is 6. The summed E-state index contributed by atoms with van der Waals surface area (Å²) in [6, 6.07) is 7.30. The van der Waals surface area contributed by atoms with Gasteiger partial charge in [-0.3, -0.25) is 4.79 Å². The Balaban J connectivity index is 1.77. The Morgan fingerprint density at radius 2 is 2.04 bits per heavy atom. The van der Waals surface area contributed by atoms with Crippen LogP contribution in [-0.4, -0.2) is 28.1 Å². The second kappa shape index (κ2) is 6.83. The first-order chi connectivity index (χ1) is 12.2. The molecule has 2 aromatic rings. The summed E-state index contributed by atoms with van der Waals surface area (Å²) in [7, 11) is 0. The third kappa shape index (κ3) is 4.30. The van der Waals surface area contributed by atoms with Crippen LogP contribution in [0.4, 0.5) is 0 Å². The van der Waals surface area contributed by atoms with Gasteiger partial charge >= 0.3 is 0 Å². The van der Waals surface area contributed by atoms with Crippen molar-refractivity contribution in [2.75, 3.05) is 6.54 Å². The Labute approximate surface area is 154 Å². The summed E-state index contributed by atoms with van der Waals surface area (Å²) in [6.07, 6.45) is 2.94. The van der Waals surface area contributed by atoms with Crippen LogP contribution in [0.2, 0.25) is 0 Å². The lowest BCUT2D eigenvalue weighted by Gasteiger charge is -2.29. The lowest BCUT2D eigenvalue weighted by Crippen LogP contribution is -2.53. The molecule has 1 aromatic carbocycles. The molecule has 1 amide bonds. The second-order valence-corrected chi connectivity index (χ2v) is 8.68. The van der Waals surface area contributed by atoms with Gasteiger partial charge in [-0.05, 0) is 43.2 Å². The minimum atomic E-state index is -0.348. The molecule has 1 aliphatic carbocycles. The molecule has 1 heterocycles. The summed E-state index contributed by atoms with van der Waals surface area (Å²) in [4.78, 5) is 17.2. The molecule has 6 nitrogen and oxygen atoms in total. The Bertz CT molecular complexity index is 789. The van der Waals surface area contributed by atoms with Crippen LogP contribution < -0.4 is 11.1 Å². The van der Waals surface area contributed by atoms with E-state index in [0.29, 0.717) is 36.2 Å². The topological polar surface area (TPSA) is 94.0 Å². The molecule has 1 unspecified atom stereocenters. The summed E-state index contributed by atoms with van der Waals surface area (Å²) >= 11 is 0. The van der Waals surface area contributed by atoms with Crippen LogP contribution in [0.1, 0.15) is 56.8 Å². The highest BCUT2D eigenvalue weighted by atomic mass is 16.5. The van der Waals surface area contributed by atoms with Gasteiger partial charge in [-0.2, -0.15) is 4.98 Å². The zero-order valence-corrected chi connectivity index (χ0v) is 16.0. The van der Waals surface area contributed by atoms with E-state index >= 15 is 0 Å². The first-order valence-electron chi connectivity index (χ1n) is 9.16. The zero-order valence-electron chi connectivity index (χ0n) is 16.0. The van der Waals surface area contributed by atoms with Crippen molar-refractivity contribution in [1.82, 2.24) is 15.5 Å². The number of carbonyl (C=O) groups is 1.